The molecule has 0 aromatic heterocycles. The van der Waals surface area contributed by atoms with E-state index in [4.69, 9.17) is 4.74 Å². The van der Waals surface area contributed by atoms with Gasteiger partial charge in [0.2, 0.25) is 5.78 Å². The Morgan fingerprint density at radius 2 is 2.03 bits per heavy atom. The highest BCUT2D eigenvalue weighted by Crippen LogP contribution is 2.68. The van der Waals surface area contributed by atoms with Crippen LogP contribution in [-0.2, 0) is 19.1 Å². The van der Waals surface area contributed by atoms with Gasteiger partial charge in [0, 0.05) is 23.2 Å². The van der Waals surface area contributed by atoms with Gasteiger partial charge in [-0.3, -0.25) is 14.4 Å². The lowest BCUT2D eigenvalue weighted by Gasteiger charge is -2.59. The van der Waals surface area contributed by atoms with Crippen LogP contribution in [-0.4, -0.2) is 46.1 Å². The molecule has 0 aliphatic heterocycles. The van der Waals surface area contributed by atoms with Gasteiger partial charge in [-0.2, -0.15) is 0 Å². The summed E-state index contributed by atoms with van der Waals surface area (Å²) in [6, 6.07) is 0. The Kier molecular flexibility index (Phi) is 5.61. The van der Waals surface area contributed by atoms with Gasteiger partial charge in [0.25, 0.3) is 0 Å². The first-order valence-corrected chi connectivity index (χ1v) is 11.7. The minimum absolute atomic E-state index is 0.0179. The number of aliphatic hydroxyl groups excluding tert-OH is 2. The lowest BCUT2D eigenvalue weighted by atomic mass is 9.46. The van der Waals surface area contributed by atoms with Gasteiger partial charge in [-0.15, -0.1) is 0 Å². The predicted molar refractivity (Wildman–Crippen MR) is 118 cm³/mol. The molecule has 4 aliphatic carbocycles. The van der Waals surface area contributed by atoms with E-state index in [9.17, 15) is 24.6 Å². The molecule has 0 aromatic carbocycles. The number of ketones is 2. The van der Waals surface area contributed by atoms with Crippen LogP contribution < -0.4 is 0 Å². The van der Waals surface area contributed by atoms with Crippen molar-refractivity contribution in [3.05, 3.63) is 36.0 Å². The second kappa shape index (κ2) is 7.77. The normalized spacial score (nSPS) is 42.6. The summed E-state index contributed by atoms with van der Waals surface area (Å²) in [7, 11) is 0. The second-order valence-corrected chi connectivity index (χ2v) is 10.5. The highest BCUT2D eigenvalue weighted by atomic mass is 16.6. The fourth-order valence-corrected chi connectivity index (χ4v) is 7.57. The summed E-state index contributed by atoms with van der Waals surface area (Å²) in [5, 5.41) is 21.4. The number of carbonyl (C=O) groups excluding carboxylic acids is 3. The second-order valence-electron chi connectivity index (χ2n) is 10.5. The van der Waals surface area contributed by atoms with Gasteiger partial charge < -0.3 is 14.9 Å². The Balaban J connectivity index is 1.79. The van der Waals surface area contributed by atoms with Crippen molar-refractivity contribution >= 4 is 17.5 Å². The SMILES string of the molecule is C=C1C[C@H]2[C@@H]3CCC4=CC(=O)C=C[C@]4(C)[C@H]3C(O)C[C@]2(C)[C@@]1(OC(=O)CCC)C(=O)CO. The number of hydrogen-bond donors (Lipinski definition) is 2. The maximum absolute atomic E-state index is 13.2. The van der Waals surface area contributed by atoms with Gasteiger partial charge in [0.1, 0.15) is 6.61 Å². The lowest BCUT2D eigenvalue weighted by molar-refractivity contribution is -0.195. The van der Waals surface area contributed by atoms with Crippen molar-refractivity contribution in [2.45, 2.75) is 71.0 Å². The zero-order valence-corrected chi connectivity index (χ0v) is 19.2. The number of aliphatic hydroxyl groups is 2. The van der Waals surface area contributed by atoms with Crippen molar-refractivity contribution in [3.63, 3.8) is 0 Å². The van der Waals surface area contributed by atoms with E-state index in [1.807, 2.05) is 19.9 Å². The van der Waals surface area contributed by atoms with E-state index >= 15 is 0 Å². The molecule has 1 unspecified atom stereocenters. The summed E-state index contributed by atoms with van der Waals surface area (Å²) in [5.41, 5.74) is -1.34. The number of rotatable bonds is 5. The number of allylic oxidation sites excluding steroid dienone is 4. The van der Waals surface area contributed by atoms with Gasteiger partial charge in [0.05, 0.1) is 6.10 Å². The molecule has 7 atom stereocenters. The fourth-order valence-electron chi connectivity index (χ4n) is 7.57. The molecule has 6 heteroatoms. The fraction of sp³-hybridized carbons (Fsp3) is 0.654. The molecule has 0 heterocycles. The van der Waals surface area contributed by atoms with Crippen LogP contribution in [0.5, 0.6) is 0 Å². The van der Waals surface area contributed by atoms with Crippen LogP contribution in [0.15, 0.2) is 36.0 Å². The molecule has 32 heavy (non-hydrogen) atoms. The third-order valence-electron chi connectivity index (χ3n) is 8.91. The first-order chi connectivity index (χ1) is 15.0. The van der Waals surface area contributed by atoms with E-state index in [1.54, 1.807) is 12.2 Å². The number of esters is 1. The topological polar surface area (TPSA) is 101 Å². The molecule has 174 valence electrons. The maximum Gasteiger partial charge on any atom is 0.307 e. The first kappa shape index (κ1) is 23.1. The molecule has 3 saturated carbocycles. The van der Waals surface area contributed by atoms with Gasteiger partial charge in [-0.1, -0.05) is 39.0 Å². The van der Waals surface area contributed by atoms with E-state index in [-0.39, 0.29) is 36.4 Å². The molecule has 4 aliphatic rings. The monoisotopic (exact) mass is 442 g/mol. The largest absolute Gasteiger partial charge is 0.446 e. The van der Waals surface area contributed by atoms with Crippen LogP contribution in [0.1, 0.15) is 59.3 Å². The standard InChI is InChI=1S/C26H34O6/c1-5-6-22(31)32-26(21(30)14-27)15(2)11-19-18-8-7-16-12-17(28)9-10-24(16,3)23(18)20(29)13-25(19,26)4/h9-10,12,18-20,23,27,29H,2,5-8,11,13-14H2,1,3-4H3/t18-,19-,20?,23+,24-,25-,26-/m0/s1. The highest BCUT2D eigenvalue weighted by molar-refractivity contribution is 6.01. The molecule has 3 fully saturated rings. The third-order valence-corrected chi connectivity index (χ3v) is 8.91. The Morgan fingerprint density at radius 1 is 1.31 bits per heavy atom. The van der Waals surface area contributed by atoms with Crippen molar-refractivity contribution in [1.82, 2.24) is 0 Å². The summed E-state index contributed by atoms with van der Waals surface area (Å²) in [5.74, 6) is -1.13. The number of carbonyl (C=O) groups is 3. The molecule has 0 spiro atoms. The van der Waals surface area contributed by atoms with E-state index < -0.39 is 40.9 Å². The Hall–Kier alpha value is -2.05. The van der Waals surface area contributed by atoms with Crippen molar-refractivity contribution in [2.75, 3.05) is 6.61 Å². The molecule has 0 amide bonds. The van der Waals surface area contributed by atoms with Crippen molar-refractivity contribution in [1.29, 1.82) is 0 Å². The van der Waals surface area contributed by atoms with Crippen LogP contribution in [0.2, 0.25) is 0 Å². The molecule has 4 rings (SSSR count). The molecular formula is C26H34O6. The van der Waals surface area contributed by atoms with Crippen LogP contribution in [0, 0.1) is 28.6 Å². The Morgan fingerprint density at radius 3 is 2.69 bits per heavy atom. The maximum atomic E-state index is 13.2. The highest BCUT2D eigenvalue weighted by Gasteiger charge is 2.71. The van der Waals surface area contributed by atoms with Crippen LogP contribution >= 0.6 is 0 Å². The van der Waals surface area contributed by atoms with E-state index in [0.717, 1.165) is 18.4 Å². The summed E-state index contributed by atoms with van der Waals surface area (Å²) in [6.45, 7) is 9.28. The van der Waals surface area contributed by atoms with Crippen molar-refractivity contribution in [2.24, 2.45) is 28.6 Å². The van der Waals surface area contributed by atoms with Gasteiger partial charge in [0.15, 0.2) is 11.4 Å². The molecule has 2 N–H and O–H groups in total. The summed E-state index contributed by atoms with van der Waals surface area (Å²) in [4.78, 5) is 37.8. The smallest absolute Gasteiger partial charge is 0.307 e. The molecule has 0 bridgehead atoms. The van der Waals surface area contributed by atoms with E-state index in [1.165, 1.54) is 0 Å². The molecule has 0 saturated heterocycles. The van der Waals surface area contributed by atoms with Crippen LogP contribution in [0.4, 0.5) is 0 Å². The van der Waals surface area contributed by atoms with E-state index in [0.29, 0.717) is 18.4 Å². The van der Waals surface area contributed by atoms with Gasteiger partial charge >= 0.3 is 5.97 Å². The minimum Gasteiger partial charge on any atom is -0.446 e. The van der Waals surface area contributed by atoms with Gasteiger partial charge in [-0.05, 0) is 61.7 Å². The third kappa shape index (κ3) is 2.95. The van der Waals surface area contributed by atoms with Crippen LogP contribution in [0.25, 0.3) is 0 Å². The van der Waals surface area contributed by atoms with Crippen LogP contribution in [0.3, 0.4) is 0 Å². The summed E-state index contributed by atoms with van der Waals surface area (Å²) in [6.07, 6.45) is 7.53. The van der Waals surface area contributed by atoms with E-state index in [2.05, 4.69) is 13.5 Å². The zero-order chi connectivity index (χ0) is 23.5. The average Bonchev–Trinajstić information content (AvgIpc) is 2.95. The quantitative estimate of drug-likeness (QED) is 0.501. The van der Waals surface area contributed by atoms with Gasteiger partial charge in [-0.25, -0.2) is 0 Å². The number of fused-ring (bicyclic) bond motifs is 5. The summed E-state index contributed by atoms with van der Waals surface area (Å²) < 4.78 is 5.92. The Labute approximate surface area is 189 Å². The molecule has 0 radical (unpaired) electrons. The molecule has 6 nitrogen and oxygen atoms in total. The Bertz CT molecular complexity index is 931. The predicted octanol–water partition coefficient (Wildman–Crippen LogP) is 3.07. The number of Topliss-reactive ketones (excluding diaryl/α,β-unsaturated/α-hetero) is 1. The minimum atomic E-state index is -1.62. The lowest BCUT2D eigenvalue weighted by Crippen LogP contribution is -2.63. The molecule has 0 aromatic rings. The molecular weight excluding hydrogens is 408 g/mol. The zero-order valence-electron chi connectivity index (χ0n) is 19.2. The average molecular weight is 443 g/mol. The first-order valence-electron chi connectivity index (χ1n) is 11.7. The number of ether oxygens (including phenoxy) is 1. The van der Waals surface area contributed by atoms with Crippen molar-refractivity contribution < 1.29 is 29.3 Å². The summed E-state index contributed by atoms with van der Waals surface area (Å²) >= 11 is 0. The van der Waals surface area contributed by atoms with Crippen molar-refractivity contribution in [3.8, 4) is 0 Å². The number of hydrogen-bond acceptors (Lipinski definition) is 6.